The molecule has 1 aromatic heterocycles. The molecule has 0 bridgehead atoms. The summed E-state index contributed by atoms with van der Waals surface area (Å²) in [5, 5.41) is 0. The number of esters is 1. The second-order valence-corrected chi connectivity index (χ2v) is 7.36. The average molecular weight is 366 g/mol. The topological polar surface area (TPSA) is 59.5 Å². The minimum atomic E-state index is -0.853. The Morgan fingerprint density at radius 1 is 1.27 bits per heavy atom. The maximum absolute atomic E-state index is 12.9. The first kappa shape index (κ1) is 16.7. The number of nitrogens with zero attached hydrogens (tertiary/aromatic N) is 2. The summed E-state index contributed by atoms with van der Waals surface area (Å²) < 4.78 is 6.37. The molecule has 26 heavy (non-hydrogen) atoms. The van der Waals surface area contributed by atoms with Crippen LogP contribution in [-0.2, 0) is 16.0 Å². The molecule has 0 unspecified atom stereocenters. The Bertz CT molecular complexity index is 997. The van der Waals surface area contributed by atoms with Crippen molar-refractivity contribution in [3.63, 3.8) is 0 Å². The second-order valence-electron chi connectivity index (χ2n) is 6.47. The molecule has 2 atom stereocenters. The molecular weight excluding hydrogens is 348 g/mol. The van der Waals surface area contributed by atoms with Gasteiger partial charge >= 0.3 is 5.97 Å². The molecule has 1 amide bonds. The van der Waals surface area contributed by atoms with Crippen LogP contribution in [0.5, 0.6) is 0 Å². The van der Waals surface area contributed by atoms with Crippen molar-refractivity contribution in [3.8, 4) is 0 Å². The zero-order valence-corrected chi connectivity index (χ0v) is 15.3. The number of ether oxygens (including phenoxy) is 1. The van der Waals surface area contributed by atoms with Gasteiger partial charge in [0.05, 0.1) is 21.3 Å². The van der Waals surface area contributed by atoms with E-state index in [4.69, 9.17) is 4.74 Å². The van der Waals surface area contributed by atoms with Crippen molar-refractivity contribution in [2.45, 2.75) is 32.4 Å². The van der Waals surface area contributed by atoms with E-state index in [-0.39, 0.29) is 11.9 Å². The fourth-order valence-electron chi connectivity index (χ4n) is 3.36. The number of aromatic nitrogens is 1. The van der Waals surface area contributed by atoms with Crippen molar-refractivity contribution in [1.29, 1.82) is 0 Å². The van der Waals surface area contributed by atoms with Gasteiger partial charge in [-0.2, -0.15) is 0 Å². The molecule has 0 saturated heterocycles. The fourth-order valence-corrected chi connectivity index (χ4v) is 4.07. The van der Waals surface area contributed by atoms with Crippen LogP contribution in [-0.4, -0.2) is 29.0 Å². The summed E-state index contributed by atoms with van der Waals surface area (Å²) in [4.78, 5) is 31.3. The molecular formula is C20H18N2O3S. The minimum absolute atomic E-state index is 0.0506. The Morgan fingerprint density at radius 3 is 2.92 bits per heavy atom. The molecule has 5 nitrogen and oxygen atoms in total. The second kappa shape index (κ2) is 6.53. The van der Waals surface area contributed by atoms with Crippen molar-refractivity contribution in [2.75, 3.05) is 4.90 Å². The molecule has 0 aliphatic carbocycles. The lowest BCUT2D eigenvalue weighted by Gasteiger charge is -2.25. The molecule has 0 fully saturated rings. The molecule has 6 heteroatoms. The highest BCUT2D eigenvalue weighted by atomic mass is 32.1. The highest BCUT2D eigenvalue weighted by Crippen LogP contribution is 2.32. The number of hydrogen-bond acceptors (Lipinski definition) is 5. The number of rotatable bonds is 3. The fraction of sp³-hybridized carbons (Fsp3) is 0.250. The van der Waals surface area contributed by atoms with Gasteiger partial charge in [-0.15, -0.1) is 11.3 Å². The number of carbonyl (C=O) groups excluding carboxylic acids is 2. The van der Waals surface area contributed by atoms with Crippen LogP contribution in [0.3, 0.4) is 0 Å². The van der Waals surface area contributed by atoms with Gasteiger partial charge in [0.15, 0.2) is 6.10 Å². The van der Waals surface area contributed by atoms with Gasteiger partial charge in [-0.1, -0.05) is 18.2 Å². The quantitative estimate of drug-likeness (QED) is 0.661. The van der Waals surface area contributed by atoms with E-state index < -0.39 is 12.1 Å². The average Bonchev–Trinajstić information content (AvgIpc) is 3.23. The van der Waals surface area contributed by atoms with Crippen LogP contribution in [0.15, 0.2) is 48.0 Å². The third-order valence-electron chi connectivity index (χ3n) is 4.64. The standard InChI is InChI=1S/C20H18N2O3S/c1-12-9-14-5-3-4-6-17(14)22(12)19(23)13(2)25-20(24)15-7-8-16-18(10-15)26-11-21-16/h3-8,10-13H,9H2,1-2H3/t12-,13+/m0/s1. The molecule has 2 heterocycles. The van der Waals surface area contributed by atoms with E-state index in [1.807, 2.05) is 31.2 Å². The summed E-state index contributed by atoms with van der Waals surface area (Å²) in [5.41, 5.74) is 5.05. The van der Waals surface area contributed by atoms with Crippen molar-refractivity contribution in [2.24, 2.45) is 0 Å². The molecule has 4 rings (SSSR count). The molecule has 0 spiro atoms. The Kier molecular flexibility index (Phi) is 4.20. The highest BCUT2D eigenvalue weighted by Gasteiger charge is 2.34. The number of carbonyl (C=O) groups is 2. The van der Waals surface area contributed by atoms with Gasteiger partial charge in [-0.3, -0.25) is 4.79 Å². The van der Waals surface area contributed by atoms with Crippen LogP contribution in [0, 0.1) is 0 Å². The number of benzene rings is 2. The Morgan fingerprint density at radius 2 is 2.08 bits per heavy atom. The monoisotopic (exact) mass is 366 g/mol. The van der Waals surface area contributed by atoms with E-state index in [0.717, 1.165) is 27.9 Å². The van der Waals surface area contributed by atoms with E-state index >= 15 is 0 Å². The van der Waals surface area contributed by atoms with Gasteiger partial charge in [0.1, 0.15) is 0 Å². The van der Waals surface area contributed by atoms with Crippen molar-refractivity contribution in [1.82, 2.24) is 4.98 Å². The van der Waals surface area contributed by atoms with Crippen molar-refractivity contribution >= 4 is 39.1 Å². The lowest BCUT2D eigenvalue weighted by atomic mass is 10.1. The van der Waals surface area contributed by atoms with E-state index in [1.54, 1.807) is 35.5 Å². The van der Waals surface area contributed by atoms with Gasteiger partial charge in [-0.05, 0) is 50.1 Å². The predicted molar refractivity (Wildman–Crippen MR) is 102 cm³/mol. The van der Waals surface area contributed by atoms with Crippen LogP contribution < -0.4 is 4.90 Å². The summed E-state index contributed by atoms with van der Waals surface area (Å²) in [6, 6.07) is 13.1. The lowest BCUT2D eigenvalue weighted by Crippen LogP contribution is -2.43. The minimum Gasteiger partial charge on any atom is -0.449 e. The smallest absolute Gasteiger partial charge is 0.338 e. The summed E-state index contributed by atoms with van der Waals surface area (Å²) in [7, 11) is 0. The van der Waals surface area contributed by atoms with E-state index in [1.165, 1.54) is 11.3 Å². The van der Waals surface area contributed by atoms with Gasteiger partial charge in [-0.25, -0.2) is 9.78 Å². The van der Waals surface area contributed by atoms with Gasteiger partial charge in [0.2, 0.25) is 0 Å². The predicted octanol–water partition coefficient (Wildman–Crippen LogP) is 3.82. The first-order valence-electron chi connectivity index (χ1n) is 8.50. The zero-order chi connectivity index (χ0) is 18.3. The van der Waals surface area contributed by atoms with Crippen LogP contribution in [0.1, 0.15) is 29.8 Å². The molecule has 2 aromatic carbocycles. The summed E-state index contributed by atoms with van der Waals surface area (Å²) in [5.74, 6) is -0.698. The van der Waals surface area contributed by atoms with E-state index in [9.17, 15) is 9.59 Å². The van der Waals surface area contributed by atoms with E-state index in [2.05, 4.69) is 4.98 Å². The number of hydrogen-bond donors (Lipinski definition) is 0. The summed E-state index contributed by atoms with van der Waals surface area (Å²) in [6.07, 6.45) is -0.0433. The van der Waals surface area contributed by atoms with Crippen LogP contribution in [0.25, 0.3) is 10.2 Å². The first-order valence-corrected chi connectivity index (χ1v) is 9.38. The zero-order valence-electron chi connectivity index (χ0n) is 14.5. The molecule has 1 aliphatic heterocycles. The first-order chi connectivity index (χ1) is 12.5. The number of thiazole rings is 1. The number of anilines is 1. The lowest BCUT2D eigenvalue weighted by molar-refractivity contribution is -0.126. The van der Waals surface area contributed by atoms with Crippen molar-refractivity contribution < 1.29 is 14.3 Å². The summed E-state index contributed by atoms with van der Waals surface area (Å²) >= 11 is 1.46. The maximum Gasteiger partial charge on any atom is 0.338 e. The number of amides is 1. The maximum atomic E-state index is 12.9. The number of fused-ring (bicyclic) bond motifs is 2. The number of para-hydroxylation sites is 1. The summed E-state index contributed by atoms with van der Waals surface area (Å²) in [6.45, 7) is 3.63. The van der Waals surface area contributed by atoms with Gasteiger partial charge in [0.25, 0.3) is 5.91 Å². The highest BCUT2D eigenvalue weighted by molar-refractivity contribution is 7.16. The molecule has 0 saturated carbocycles. The van der Waals surface area contributed by atoms with Gasteiger partial charge in [0, 0.05) is 11.7 Å². The third-order valence-corrected chi connectivity index (χ3v) is 5.43. The Labute approximate surface area is 155 Å². The molecule has 0 radical (unpaired) electrons. The SMILES string of the molecule is C[C@@H](OC(=O)c1ccc2ncsc2c1)C(=O)N1c2ccccc2C[C@@H]1C. The largest absolute Gasteiger partial charge is 0.449 e. The molecule has 0 N–H and O–H groups in total. The normalized spacial score (nSPS) is 17.2. The van der Waals surface area contributed by atoms with Crippen molar-refractivity contribution in [3.05, 3.63) is 59.1 Å². The Balaban J connectivity index is 1.51. The molecule has 1 aliphatic rings. The molecule has 132 valence electrons. The van der Waals surface area contributed by atoms with Gasteiger partial charge < -0.3 is 9.64 Å². The molecule has 3 aromatic rings. The Hall–Kier alpha value is -2.73. The van der Waals surface area contributed by atoms with Crippen LogP contribution in [0.2, 0.25) is 0 Å². The van der Waals surface area contributed by atoms with E-state index in [0.29, 0.717) is 5.56 Å². The van der Waals surface area contributed by atoms with Crippen LogP contribution in [0.4, 0.5) is 5.69 Å². The third kappa shape index (κ3) is 2.86. The van der Waals surface area contributed by atoms with Crippen LogP contribution >= 0.6 is 11.3 Å².